The summed E-state index contributed by atoms with van der Waals surface area (Å²) in [5.41, 5.74) is 6.12. The van der Waals surface area contributed by atoms with Crippen LogP contribution in [0.2, 0.25) is 0 Å². The predicted molar refractivity (Wildman–Crippen MR) is 146 cm³/mol. The van der Waals surface area contributed by atoms with Gasteiger partial charge in [0, 0.05) is 34.4 Å². The fraction of sp³-hybridized carbons (Fsp3) is 0.286. The van der Waals surface area contributed by atoms with Crippen LogP contribution in [0.25, 0.3) is 5.00 Å². The molecular formula is C28H29N5O3S. The van der Waals surface area contributed by atoms with E-state index in [1.54, 1.807) is 18.4 Å². The Hall–Kier alpha value is -3.98. The second-order valence-corrected chi connectivity index (χ2v) is 10.2. The van der Waals surface area contributed by atoms with Crippen LogP contribution in [0.1, 0.15) is 45.7 Å². The summed E-state index contributed by atoms with van der Waals surface area (Å²) in [6.45, 7) is 6.16. The predicted octanol–water partition coefficient (Wildman–Crippen LogP) is 5.49. The largest absolute Gasteiger partial charge is 0.497 e. The Labute approximate surface area is 220 Å². The van der Waals surface area contributed by atoms with Gasteiger partial charge in [-0.15, -0.1) is 21.5 Å². The van der Waals surface area contributed by atoms with Crippen molar-refractivity contribution in [3.8, 4) is 10.8 Å². The minimum absolute atomic E-state index is 0.0867. The molecule has 0 saturated heterocycles. The van der Waals surface area contributed by atoms with E-state index in [4.69, 9.17) is 14.5 Å². The first-order chi connectivity index (χ1) is 17.8. The van der Waals surface area contributed by atoms with Crippen molar-refractivity contribution in [2.75, 3.05) is 26.2 Å². The molecule has 0 amide bonds. The number of thiophene rings is 1. The van der Waals surface area contributed by atoms with Gasteiger partial charge in [-0.25, -0.2) is 0 Å². The van der Waals surface area contributed by atoms with E-state index < -0.39 is 6.04 Å². The topological polar surface area (TPSA) is 81.8 Å². The number of carbonyl (C=O) groups excluding carboxylic acids is 1. The number of methoxy groups -OCH3 is 2. The third-order valence-electron chi connectivity index (χ3n) is 6.81. The van der Waals surface area contributed by atoms with Crippen LogP contribution < -0.4 is 9.64 Å². The van der Waals surface area contributed by atoms with E-state index in [2.05, 4.69) is 53.2 Å². The Balaban J connectivity index is 1.59. The Kier molecular flexibility index (Phi) is 6.55. The van der Waals surface area contributed by atoms with Crippen molar-refractivity contribution in [2.24, 2.45) is 4.99 Å². The minimum atomic E-state index is -0.510. The standard InChI is InChI=1S/C28H29N5O3S/c1-16-17(2)37-28-25(16)26(29-23(15-24(34)36-6)27-31-30-18(3)33(27)28)19-7-9-20(10-8-19)32(4)21-11-13-22(35-5)14-12-21/h7-14,23H,15H2,1-6H3/t23-/m0/s1. The molecule has 2 aromatic carbocycles. The van der Waals surface area contributed by atoms with E-state index in [-0.39, 0.29) is 12.4 Å². The lowest BCUT2D eigenvalue weighted by molar-refractivity contribution is -0.141. The first-order valence-electron chi connectivity index (χ1n) is 12.0. The van der Waals surface area contributed by atoms with E-state index in [1.807, 2.05) is 42.8 Å². The van der Waals surface area contributed by atoms with Gasteiger partial charge in [0.25, 0.3) is 0 Å². The van der Waals surface area contributed by atoms with Gasteiger partial charge in [0.15, 0.2) is 5.82 Å². The van der Waals surface area contributed by atoms with E-state index in [0.717, 1.165) is 50.4 Å². The molecule has 4 aromatic rings. The van der Waals surface area contributed by atoms with Crippen molar-refractivity contribution in [1.29, 1.82) is 0 Å². The van der Waals surface area contributed by atoms with Crippen molar-refractivity contribution in [3.63, 3.8) is 0 Å². The molecule has 0 spiro atoms. The Morgan fingerprint density at radius 3 is 2.27 bits per heavy atom. The van der Waals surface area contributed by atoms with Gasteiger partial charge in [-0.1, -0.05) is 12.1 Å². The number of fused-ring (bicyclic) bond motifs is 3. The number of nitrogens with zero attached hydrogens (tertiary/aromatic N) is 5. The van der Waals surface area contributed by atoms with Gasteiger partial charge >= 0.3 is 5.97 Å². The molecule has 0 fully saturated rings. The van der Waals surface area contributed by atoms with Gasteiger partial charge in [0.05, 0.1) is 26.4 Å². The van der Waals surface area contributed by atoms with Crippen LogP contribution in [-0.2, 0) is 9.53 Å². The van der Waals surface area contributed by atoms with E-state index in [0.29, 0.717) is 5.82 Å². The van der Waals surface area contributed by atoms with Crippen molar-refractivity contribution >= 4 is 34.4 Å². The quantitative estimate of drug-likeness (QED) is 0.316. The number of benzene rings is 2. The summed E-state index contributed by atoms with van der Waals surface area (Å²) in [6, 6.07) is 15.8. The van der Waals surface area contributed by atoms with Crippen molar-refractivity contribution < 1.29 is 14.3 Å². The molecule has 8 nitrogen and oxygen atoms in total. The number of esters is 1. The van der Waals surface area contributed by atoms with Crippen LogP contribution in [-0.4, -0.2) is 47.7 Å². The second-order valence-electron chi connectivity index (χ2n) is 8.98. The highest BCUT2D eigenvalue weighted by Crippen LogP contribution is 2.40. The summed E-state index contributed by atoms with van der Waals surface area (Å²) in [7, 11) is 5.09. The number of aromatic nitrogens is 3. The lowest BCUT2D eigenvalue weighted by atomic mass is 9.99. The SMILES string of the molecule is COC(=O)C[C@@H]1N=C(c2ccc(N(C)c3ccc(OC)cc3)cc2)c2c(sc(C)c2C)-n2c(C)nnc21. The van der Waals surface area contributed by atoms with Crippen LogP contribution in [0.5, 0.6) is 5.75 Å². The zero-order valence-electron chi connectivity index (χ0n) is 21.8. The summed E-state index contributed by atoms with van der Waals surface area (Å²) < 4.78 is 12.3. The van der Waals surface area contributed by atoms with Crippen LogP contribution in [0.3, 0.4) is 0 Å². The van der Waals surface area contributed by atoms with Gasteiger partial charge in [-0.05, 0) is 62.7 Å². The molecule has 1 aliphatic rings. The maximum Gasteiger partial charge on any atom is 0.308 e. The van der Waals surface area contributed by atoms with E-state index >= 15 is 0 Å². The average Bonchev–Trinajstić information content (AvgIpc) is 3.40. The highest BCUT2D eigenvalue weighted by Gasteiger charge is 2.32. The molecule has 9 heteroatoms. The zero-order valence-corrected chi connectivity index (χ0v) is 22.6. The van der Waals surface area contributed by atoms with Crippen LogP contribution in [0.15, 0.2) is 53.5 Å². The third-order valence-corrected chi connectivity index (χ3v) is 8.01. The highest BCUT2D eigenvalue weighted by molar-refractivity contribution is 7.15. The molecular weight excluding hydrogens is 486 g/mol. The fourth-order valence-electron chi connectivity index (χ4n) is 4.56. The molecule has 1 atom stereocenters. The third kappa shape index (κ3) is 4.40. The molecule has 5 rings (SSSR count). The molecule has 2 aromatic heterocycles. The molecule has 0 saturated carbocycles. The van der Waals surface area contributed by atoms with Gasteiger partial charge in [0.1, 0.15) is 22.6 Å². The first kappa shape index (κ1) is 24.7. The van der Waals surface area contributed by atoms with Gasteiger partial charge in [-0.2, -0.15) is 0 Å². The molecule has 190 valence electrons. The van der Waals surface area contributed by atoms with E-state index in [1.165, 1.54) is 12.0 Å². The average molecular weight is 516 g/mol. The maximum atomic E-state index is 12.3. The number of hydrogen-bond acceptors (Lipinski definition) is 8. The molecule has 1 aliphatic heterocycles. The van der Waals surface area contributed by atoms with Gasteiger partial charge < -0.3 is 14.4 Å². The lowest BCUT2D eigenvalue weighted by Crippen LogP contribution is -2.12. The maximum absolute atomic E-state index is 12.3. The first-order valence-corrected chi connectivity index (χ1v) is 12.8. The summed E-state index contributed by atoms with van der Waals surface area (Å²) >= 11 is 1.69. The zero-order chi connectivity index (χ0) is 26.3. The van der Waals surface area contributed by atoms with Crippen molar-refractivity contribution in [1.82, 2.24) is 14.8 Å². The van der Waals surface area contributed by atoms with Gasteiger partial charge in [-0.3, -0.25) is 14.4 Å². The van der Waals surface area contributed by atoms with Crippen LogP contribution in [0.4, 0.5) is 11.4 Å². The summed E-state index contributed by atoms with van der Waals surface area (Å²) in [6.07, 6.45) is 0.0867. The minimum Gasteiger partial charge on any atom is -0.497 e. The number of ether oxygens (including phenoxy) is 2. The fourth-order valence-corrected chi connectivity index (χ4v) is 5.78. The number of anilines is 2. The highest BCUT2D eigenvalue weighted by atomic mass is 32.1. The summed E-state index contributed by atoms with van der Waals surface area (Å²) in [5.74, 6) is 1.90. The molecule has 0 aliphatic carbocycles. The molecule has 37 heavy (non-hydrogen) atoms. The van der Waals surface area contributed by atoms with Crippen LogP contribution in [0, 0.1) is 20.8 Å². The van der Waals surface area contributed by atoms with Crippen LogP contribution >= 0.6 is 11.3 Å². The van der Waals surface area contributed by atoms with Crippen molar-refractivity contribution in [2.45, 2.75) is 33.2 Å². The number of carbonyl (C=O) groups is 1. The lowest BCUT2D eigenvalue weighted by Gasteiger charge is -2.20. The van der Waals surface area contributed by atoms with Gasteiger partial charge in [0.2, 0.25) is 0 Å². The molecule has 3 heterocycles. The smallest absolute Gasteiger partial charge is 0.308 e. The molecule has 0 unspecified atom stereocenters. The Bertz CT molecular complexity index is 1490. The normalized spacial score (nSPS) is 14.3. The van der Waals surface area contributed by atoms with E-state index in [9.17, 15) is 4.79 Å². The second kappa shape index (κ2) is 9.82. The Morgan fingerprint density at radius 2 is 1.65 bits per heavy atom. The molecule has 0 radical (unpaired) electrons. The number of hydrogen-bond donors (Lipinski definition) is 0. The monoisotopic (exact) mass is 515 g/mol. The molecule has 0 bridgehead atoms. The summed E-state index contributed by atoms with van der Waals surface area (Å²) in [5, 5.41) is 9.76. The number of rotatable bonds is 6. The van der Waals surface area contributed by atoms with Crippen molar-refractivity contribution in [3.05, 3.63) is 81.7 Å². The number of aliphatic imine (C=N–C) groups is 1. The number of aryl methyl sites for hydroxylation is 2. The Morgan fingerprint density at radius 1 is 1.00 bits per heavy atom. The summed E-state index contributed by atoms with van der Waals surface area (Å²) in [4.78, 5) is 20.8. The molecule has 0 N–H and O–H groups in total.